The van der Waals surface area contributed by atoms with Gasteiger partial charge in [0, 0.05) is 23.0 Å². The van der Waals surface area contributed by atoms with Gasteiger partial charge in [-0.05, 0) is 37.3 Å². The van der Waals surface area contributed by atoms with Crippen LogP contribution in [0.3, 0.4) is 0 Å². The summed E-state index contributed by atoms with van der Waals surface area (Å²) in [6.07, 6.45) is 0. The van der Waals surface area contributed by atoms with Crippen molar-refractivity contribution >= 4 is 17.2 Å². The van der Waals surface area contributed by atoms with Gasteiger partial charge in [-0.2, -0.15) is 5.10 Å². The van der Waals surface area contributed by atoms with E-state index in [4.69, 9.17) is 0 Å². The maximum atomic E-state index is 12.5. The van der Waals surface area contributed by atoms with Crippen LogP contribution in [0.15, 0.2) is 66.7 Å². The van der Waals surface area contributed by atoms with E-state index in [1.165, 1.54) is 12.1 Å². The number of carbonyl (C=O) groups excluding carboxylic acids is 1. The average molecular weight is 344 g/mol. The molecule has 2 N–H and O–H groups in total. The van der Waals surface area contributed by atoms with Crippen molar-refractivity contribution in [2.45, 2.75) is 6.92 Å². The number of amides is 1. The quantitative estimate of drug-likeness (QED) is 0.556. The molecule has 4 aromatic rings. The van der Waals surface area contributed by atoms with E-state index in [1.807, 2.05) is 43.3 Å². The van der Waals surface area contributed by atoms with Crippen LogP contribution in [0.2, 0.25) is 0 Å². The van der Waals surface area contributed by atoms with Crippen molar-refractivity contribution in [3.05, 3.63) is 78.1 Å². The molecule has 0 aliphatic rings. The molecule has 1 amide bonds. The van der Waals surface area contributed by atoms with E-state index in [2.05, 4.69) is 15.4 Å². The van der Waals surface area contributed by atoms with Gasteiger partial charge >= 0.3 is 0 Å². The van der Waals surface area contributed by atoms with Gasteiger partial charge in [0.05, 0.1) is 5.69 Å². The van der Waals surface area contributed by atoms with Crippen LogP contribution in [0.4, 0.5) is 5.69 Å². The van der Waals surface area contributed by atoms with Crippen molar-refractivity contribution in [1.82, 2.24) is 14.6 Å². The Bertz CT molecular complexity index is 1090. The SMILES string of the molecule is Cc1cc(-c2ccccc2)nc2cc(C(=O)Nc3ccc(O)cc3)nn12. The number of aryl methyl sites for hydroxylation is 1. The van der Waals surface area contributed by atoms with Gasteiger partial charge in [0.2, 0.25) is 0 Å². The van der Waals surface area contributed by atoms with Crippen LogP contribution in [0, 0.1) is 6.92 Å². The molecule has 0 spiro atoms. The molecular weight excluding hydrogens is 328 g/mol. The lowest BCUT2D eigenvalue weighted by Crippen LogP contribution is -2.12. The molecular formula is C20H16N4O2. The Morgan fingerprint density at radius 3 is 2.50 bits per heavy atom. The highest BCUT2D eigenvalue weighted by Gasteiger charge is 2.14. The Kier molecular flexibility index (Phi) is 3.85. The normalized spacial score (nSPS) is 10.8. The van der Waals surface area contributed by atoms with Crippen molar-refractivity contribution < 1.29 is 9.90 Å². The third-order valence-corrected chi connectivity index (χ3v) is 4.03. The minimum atomic E-state index is -0.332. The summed E-state index contributed by atoms with van der Waals surface area (Å²) in [4.78, 5) is 17.1. The number of benzene rings is 2. The number of phenols is 1. The van der Waals surface area contributed by atoms with E-state index in [0.717, 1.165) is 17.0 Å². The van der Waals surface area contributed by atoms with Gasteiger partial charge in [-0.15, -0.1) is 0 Å². The molecule has 6 heteroatoms. The lowest BCUT2D eigenvalue weighted by atomic mass is 10.1. The smallest absolute Gasteiger partial charge is 0.276 e. The van der Waals surface area contributed by atoms with Crippen LogP contribution in [0.5, 0.6) is 5.75 Å². The molecule has 0 radical (unpaired) electrons. The second-order valence-electron chi connectivity index (χ2n) is 5.95. The number of nitrogens with zero attached hydrogens (tertiary/aromatic N) is 3. The first-order valence-electron chi connectivity index (χ1n) is 8.13. The number of hydrogen-bond acceptors (Lipinski definition) is 4. The maximum Gasteiger partial charge on any atom is 0.276 e. The largest absolute Gasteiger partial charge is 0.508 e. The summed E-state index contributed by atoms with van der Waals surface area (Å²) in [6.45, 7) is 1.93. The van der Waals surface area contributed by atoms with Gasteiger partial charge in [0.15, 0.2) is 11.3 Å². The van der Waals surface area contributed by atoms with Gasteiger partial charge in [-0.3, -0.25) is 4.79 Å². The number of anilines is 1. The molecule has 26 heavy (non-hydrogen) atoms. The van der Waals surface area contributed by atoms with E-state index in [0.29, 0.717) is 11.3 Å². The van der Waals surface area contributed by atoms with Crippen molar-refractivity contribution in [1.29, 1.82) is 0 Å². The number of nitrogens with one attached hydrogen (secondary N) is 1. The lowest BCUT2D eigenvalue weighted by Gasteiger charge is -2.04. The zero-order chi connectivity index (χ0) is 18.1. The summed E-state index contributed by atoms with van der Waals surface area (Å²) >= 11 is 0. The number of carbonyl (C=O) groups is 1. The number of phenolic OH excluding ortho intramolecular Hbond substituents is 1. The molecule has 128 valence electrons. The second-order valence-corrected chi connectivity index (χ2v) is 5.95. The summed E-state index contributed by atoms with van der Waals surface area (Å²) < 4.78 is 1.65. The molecule has 2 aromatic heterocycles. The standard InChI is InChI=1S/C20H16N4O2/c1-13-11-17(14-5-3-2-4-6-14)22-19-12-18(23-24(13)19)20(26)21-15-7-9-16(25)10-8-15/h2-12,25H,1H3,(H,21,26). The monoisotopic (exact) mass is 344 g/mol. The molecule has 4 rings (SSSR count). The van der Waals surface area contributed by atoms with Crippen LogP contribution >= 0.6 is 0 Å². The van der Waals surface area contributed by atoms with Gasteiger partial charge < -0.3 is 10.4 Å². The number of rotatable bonds is 3. The first-order valence-corrected chi connectivity index (χ1v) is 8.13. The second kappa shape index (κ2) is 6.33. The highest BCUT2D eigenvalue weighted by Crippen LogP contribution is 2.20. The lowest BCUT2D eigenvalue weighted by molar-refractivity contribution is 0.102. The molecule has 2 heterocycles. The summed E-state index contributed by atoms with van der Waals surface area (Å²) in [5.74, 6) is -0.189. The zero-order valence-corrected chi connectivity index (χ0v) is 14.0. The van der Waals surface area contributed by atoms with Crippen molar-refractivity contribution in [3.63, 3.8) is 0 Å². The van der Waals surface area contributed by atoms with E-state index in [1.54, 1.807) is 22.7 Å². The first kappa shape index (κ1) is 15.8. The molecule has 0 atom stereocenters. The fraction of sp³-hybridized carbons (Fsp3) is 0.0500. The predicted molar refractivity (Wildman–Crippen MR) is 99.2 cm³/mol. The van der Waals surface area contributed by atoms with Crippen LogP contribution in [0.1, 0.15) is 16.2 Å². The number of aromatic hydroxyl groups is 1. The molecule has 2 aromatic carbocycles. The molecule has 0 saturated carbocycles. The molecule has 6 nitrogen and oxygen atoms in total. The Labute approximate surface area is 149 Å². The summed E-state index contributed by atoms with van der Waals surface area (Å²) in [6, 6.07) is 19.7. The molecule has 0 aliphatic heterocycles. The fourth-order valence-corrected chi connectivity index (χ4v) is 2.73. The van der Waals surface area contributed by atoms with Crippen molar-refractivity contribution in [2.75, 3.05) is 5.32 Å². The number of hydrogen-bond donors (Lipinski definition) is 2. The van der Waals surface area contributed by atoms with Crippen molar-refractivity contribution in [2.24, 2.45) is 0 Å². The highest BCUT2D eigenvalue weighted by molar-refractivity contribution is 6.03. The Morgan fingerprint density at radius 1 is 1.04 bits per heavy atom. The molecule has 0 bridgehead atoms. The highest BCUT2D eigenvalue weighted by atomic mass is 16.3. The van der Waals surface area contributed by atoms with Crippen LogP contribution < -0.4 is 5.32 Å². The fourth-order valence-electron chi connectivity index (χ4n) is 2.73. The third-order valence-electron chi connectivity index (χ3n) is 4.03. The minimum absolute atomic E-state index is 0.143. The van der Waals surface area contributed by atoms with Crippen molar-refractivity contribution in [3.8, 4) is 17.0 Å². The van der Waals surface area contributed by atoms with E-state index in [-0.39, 0.29) is 17.4 Å². The van der Waals surface area contributed by atoms with Gasteiger partial charge in [-0.1, -0.05) is 30.3 Å². The van der Waals surface area contributed by atoms with E-state index < -0.39 is 0 Å². The average Bonchev–Trinajstić information content (AvgIpc) is 3.09. The number of fused-ring (bicyclic) bond motifs is 1. The third kappa shape index (κ3) is 3.00. The summed E-state index contributed by atoms with van der Waals surface area (Å²) in [5, 5.41) is 16.4. The Hall–Kier alpha value is -3.67. The van der Waals surface area contributed by atoms with Gasteiger partial charge in [0.1, 0.15) is 5.75 Å². The zero-order valence-electron chi connectivity index (χ0n) is 14.0. The molecule has 0 saturated heterocycles. The molecule has 0 fully saturated rings. The predicted octanol–water partition coefficient (Wildman–Crippen LogP) is 3.66. The minimum Gasteiger partial charge on any atom is -0.508 e. The van der Waals surface area contributed by atoms with Gasteiger partial charge in [0.25, 0.3) is 5.91 Å². The maximum absolute atomic E-state index is 12.5. The topological polar surface area (TPSA) is 79.5 Å². The first-order chi connectivity index (χ1) is 12.6. The Balaban J connectivity index is 1.67. The molecule has 0 unspecified atom stereocenters. The van der Waals surface area contributed by atoms with Crippen LogP contribution in [0.25, 0.3) is 16.9 Å². The van der Waals surface area contributed by atoms with Crippen LogP contribution in [-0.4, -0.2) is 25.6 Å². The van der Waals surface area contributed by atoms with E-state index >= 15 is 0 Å². The molecule has 0 aliphatic carbocycles. The van der Waals surface area contributed by atoms with E-state index in [9.17, 15) is 9.90 Å². The van der Waals surface area contributed by atoms with Crippen LogP contribution in [-0.2, 0) is 0 Å². The Morgan fingerprint density at radius 2 is 1.77 bits per heavy atom. The number of aromatic nitrogens is 3. The van der Waals surface area contributed by atoms with Gasteiger partial charge in [-0.25, -0.2) is 9.50 Å². The summed E-state index contributed by atoms with van der Waals surface area (Å²) in [5.41, 5.74) is 4.20. The summed E-state index contributed by atoms with van der Waals surface area (Å²) in [7, 11) is 0.